The van der Waals surface area contributed by atoms with Gasteiger partial charge in [0.2, 0.25) is 0 Å². The van der Waals surface area contributed by atoms with Crippen LogP contribution in [0, 0.1) is 6.08 Å². The molecule has 0 fully saturated rings. The predicted octanol–water partition coefficient (Wildman–Crippen LogP) is 1.59. The minimum Gasteiger partial charge on any atom is -0.502 e. The van der Waals surface area contributed by atoms with Gasteiger partial charge in [-0.3, -0.25) is 6.08 Å². The van der Waals surface area contributed by atoms with Gasteiger partial charge >= 0.3 is 11.9 Å². The molecule has 4 N–H and O–H groups in total. The minimum absolute atomic E-state index is 0. The third-order valence-electron chi connectivity index (χ3n) is 1.08. The number of allylic oxidation sites excluding steroid dienone is 4. The summed E-state index contributed by atoms with van der Waals surface area (Å²) in [7, 11) is 0. The van der Waals surface area contributed by atoms with Gasteiger partial charge in [-0.1, -0.05) is 0 Å². The van der Waals surface area contributed by atoms with Crippen molar-refractivity contribution in [3.05, 3.63) is 49.0 Å². The molecule has 1 aliphatic rings. The van der Waals surface area contributed by atoms with E-state index < -0.39 is 23.5 Å². The summed E-state index contributed by atoms with van der Waals surface area (Å²) in [5, 5.41) is 31.0. The molecule has 0 saturated heterocycles. The Balaban J connectivity index is -0.000000183. The monoisotopic (exact) mass is 292 g/mol. The van der Waals surface area contributed by atoms with Gasteiger partial charge in [-0.15, -0.1) is 6.42 Å². The predicted molar refractivity (Wildman–Crippen MR) is 60.4 cm³/mol. The minimum atomic E-state index is -1.38. The molecule has 0 spiro atoms. The standard InChI is InChI=1S/C5H5.2C3H4O3.V/c1-2-4-5-3-1;2*1-2(4)3(5)6;/h1-3H,4H2;2*4H,1H2,(H,5,6);/q-1;;;. The molecule has 0 saturated carbocycles. The molecular formula is C11H13O6V-. The molecule has 0 heterocycles. The largest absolute Gasteiger partial charge is 0.502 e. The quantitative estimate of drug-likeness (QED) is 0.349. The Morgan fingerprint density at radius 2 is 1.33 bits per heavy atom. The number of carboxylic acid groups (broad SMARTS) is 2. The van der Waals surface area contributed by atoms with Gasteiger partial charge in [0.25, 0.3) is 0 Å². The second-order valence-electron chi connectivity index (χ2n) is 2.51. The van der Waals surface area contributed by atoms with Crippen molar-refractivity contribution in [3.8, 4) is 0 Å². The van der Waals surface area contributed by atoms with Crippen molar-refractivity contribution in [2.24, 2.45) is 0 Å². The number of rotatable bonds is 2. The fourth-order valence-corrected chi connectivity index (χ4v) is 0.340. The molecule has 0 atom stereocenters. The SMILES string of the molecule is C=C(O)C(=O)O.C=C(O)C(=O)O.[C-]1=CC=CC1.[V]. The zero-order valence-corrected chi connectivity index (χ0v) is 10.8. The summed E-state index contributed by atoms with van der Waals surface area (Å²) in [4.78, 5) is 18.7. The zero-order chi connectivity index (χ0) is 13.8. The van der Waals surface area contributed by atoms with Crippen LogP contribution in [-0.4, -0.2) is 32.4 Å². The second-order valence-corrected chi connectivity index (χ2v) is 2.51. The molecule has 0 aromatic carbocycles. The number of carboxylic acids is 2. The molecule has 0 aromatic heterocycles. The summed E-state index contributed by atoms with van der Waals surface area (Å²) >= 11 is 0. The first kappa shape index (κ1) is 21.4. The molecule has 1 rings (SSSR count). The van der Waals surface area contributed by atoms with Gasteiger partial charge in [0.1, 0.15) is 0 Å². The van der Waals surface area contributed by atoms with E-state index in [0.29, 0.717) is 0 Å². The van der Waals surface area contributed by atoms with Crippen molar-refractivity contribution in [1.29, 1.82) is 0 Å². The number of aliphatic hydroxyl groups excluding tert-OH is 2. The maximum absolute atomic E-state index is 9.35. The van der Waals surface area contributed by atoms with E-state index in [0.717, 1.165) is 6.42 Å². The molecule has 0 aliphatic heterocycles. The molecule has 0 bridgehead atoms. The Kier molecular flexibility index (Phi) is 15.6. The van der Waals surface area contributed by atoms with Crippen molar-refractivity contribution >= 4 is 11.9 Å². The number of aliphatic hydroxyl groups is 2. The maximum atomic E-state index is 9.35. The van der Waals surface area contributed by atoms with Crippen LogP contribution in [0.4, 0.5) is 0 Å². The van der Waals surface area contributed by atoms with Gasteiger partial charge in [0.05, 0.1) is 0 Å². The Morgan fingerprint density at radius 3 is 1.39 bits per heavy atom. The third-order valence-corrected chi connectivity index (χ3v) is 1.08. The molecule has 1 radical (unpaired) electrons. The first-order valence-corrected chi connectivity index (χ1v) is 4.23. The number of carbonyl (C=O) groups is 2. The average Bonchev–Trinajstić information content (AvgIpc) is 2.75. The third kappa shape index (κ3) is 19.6. The van der Waals surface area contributed by atoms with Gasteiger partial charge in [-0.05, 0) is 13.2 Å². The van der Waals surface area contributed by atoms with Gasteiger partial charge in [0.15, 0.2) is 11.5 Å². The van der Waals surface area contributed by atoms with E-state index in [1.807, 2.05) is 12.2 Å². The number of hydrogen-bond donors (Lipinski definition) is 4. The summed E-state index contributed by atoms with van der Waals surface area (Å²) in [6.07, 6.45) is 10.0. The van der Waals surface area contributed by atoms with Crippen LogP contribution in [0.2, 0.25) is 0 Å². The Morgan fingerprint density at radius 1 is 1.00 bits per heavy atom. The molecular weight excluding hydrogens is 279 g/mol. The molecule has 1 aliphatic carbocycles. The van der Waals surface area contributed by atoms with Crippen LogP contribution in [0.3, 0.4) is 0 Å². The Hall–Kier alpha value is -1.92. The second kappa shape index (κ2) is 13.2. The van der Waals surface area contributed by atoms with Gasteiger partial charge in [0, 0.05) is 18.6 Å². The van der Waals surface area contributed by atoms with Gasteiger partial charge in [-0.25, -0.2) is 21.7 Å². The molecule has 0 unspecified atom stereocenters. The van der Waals surface area contributed by atoms with Crippen molar-refractivity contribution < 1.29 is 48.6 Å². The van der Waals surface area contributed by atoms with Crippen molar-refractivity contribution in [2.75, 3.05) is 0 Å². The van der Waals surface area contributed by atoms with Crippen LogP contribution in [0.1, 0.15) is 6.42 Å². The van der Waals surface area contributed by atoms with Crippen LogP contribution >= 0.6 is 0 Å². The summed E-state index contributed by atoms with van der Waals surface area (Å²) in [5.41, 5.74) is 0. The summed E-state index contributed by atoms with van der Waals surface area (Å²) in [6.45, 7) is 5.42. The first-order chi connectivity index (χ1) is 7.79. The van der Waals surface area contributed by atoms with E-state index in [9.17, 15) is 9.59 Å². The first-order valence-electron chi connectivity index (χ1n) is 4.23. The van der Waals surface area contributed by atoms with Crippen molar-refractivity contribution in [3.63, 3.8) is 0 Å². The summed E-state index contributed by atoms with van der Waals surface area (Å²) < 4.78 is 0. The van der Waals surface area contributed by atoms with Gasteiger partial charge < -0.3 is 20.4 Å². The molecule has 18 heavy (non-hydrogen) atoms. The summed E-state index contributed by atoms with van der Waals surface area (Å²) in [6, 6.07) is 0. The Bertz CT molecular complexity index is 299. The fourth-order valence-electron chi connectivity index (χ4n) is 0.340. The summed E-state index contributed by atoms with van der Waals surface area (Å²) in [5.74, 6) is -4.41. The van der Waals surface area contributed by atoms with E-state index >= 15 is 0 Å². The van der Waals surface area contributed by atoms with E-state index in [-0.39, 0.29) is 18.6 Å². The number of aliphatic carboxylic acids is 2. The molecule has 7 heteroatoms. The van der Waals surface area contributed by atoms with E-state index in [1.54, 1.807) is 0 Å². The topological polar surface area (TPSA) is 115 Å². The molecule has 0 aromatic rings. The molecule has 6 nitrogen and oxygen atoms in total. The zero-order valence-electron chi connectivity index (χ0n) is 9.41. The van der Waals surface area contributed by atoms with E-state index in [4.69, 9.17) is 20.4 Å². The van der Waals surface area contributed by atoms with Crippen LogP contribution in [0.15, 0.2) is 42.9 Å². The van der Waals surface area contributed by atoms with E-state index in [2.05, 4.69) is 25.3 Å². The van der Waals surface area contributed by atoms with Crippen LogP contribution in [0.5, 0.6) is 0 Å². The van der Waals surface area contributed by atoms with Crippen LogP contribution in [0.25, 0.3) is 0 Å². The number of hydrogen-bond acceptors (Lipinski definition) is 4. The fraction of sp³-hybridized carbons (Fsp3) is 0.0909. The van der Waals surface area contributed by atoms with Crippen molar-refractivity contribution in [1.82, 2.24) is 0 Å². The Labute approximate surface area is 116 Å². The molecule has 99 valence electrons. The maximum Gasteiger partial charge on any atom is 0.370 e. The normalized spacial score (nSPS) is 9.78. The van der Waals surface area contributed by atoms with E-state index in [1.165, 1.54) is 0 Å². The van der Waals surface area contributed by atoms with Crippen molar-refractivity contribution in [2.45, 2.75) is 6.42 Å². The smallest absolute Gasteiger partial charge is 0.370 e. The average molecular weight is 292 g/mol. The van der Waals surface area contributed by atoms with Crippen LogP contribution < -0.4 is 0 Å². The molecule has 0 amide bonds. The van der Waals surface area contributed by atoms with Gasteiger partial charge in [-0.2, -0.15) is 6.08 Å². The van der Waals surface area contributed by atoms with Crippen LogP contribution in [-0.2, 0) is 28.1 Å².